The van der Waals surface area contributed by atoms with Crippen LogP contribution >= 0.6 is 11.8 Å². The lowest BCUT2D eigenvalue weighted by atomic mass is 10.1. The van der Waals surface area contributed by atoms with Gasteiger partial charge in [0.05, 0.1) is 4.87 Å². The van der Waals surface area contributed by atoms with Crippen LogP contribution in [0.25, 0.3) is 0 Å². The number of carbonyl (C=O) groups excluding carboxylic acids is 2. The van der Waals surface area contributed by atoms with Crippen LogP contribution in [0.15, 0.2) is 30.3 Å². The Hall–Kier alpha value is -1.53. The zero-order chi connectivity index (χ0) is 18.1. The minimum atomic E-state index is -0.254. The van der Waals surface area contributed by atoms with Gasteiger partial charge in [-0.15, -0.1) is 11.8 Å². The smallest absolute Gasteiger partial charge is 0.246 e. The van der Waals surface area contributed by atoms with Gasteiger partial charge >= 0.3 is 0 Å². The van der Waals surface area contributed by atoms with E-state index in [2.05, 4.69) is 36.1 Å². The minimum Gasteiger partial charge on any atom is -0.338 e. The molecule has 0 saturated carbocycles. The molecule has 140 valence electrons. The van der Waals surface area contributed by atoms with Gasteiger partial charge in [0.2, 0.25) is 11.8 Å². The molecule has 2 unspecified atom stereocenters. The number of benzene rings is 1. The fourth-order valence-electron chi connectivity index (χ4n) is 4.34. The maximum absolute atomic E-state index is 13.0. The number of rotatable bonds is 4. The highest BCUT2D eigenvalue weighted by Crippen LogP contribution is 2.47. The minimum absolute atomic E-state index is 0.150. The molecule has 2 amide bonds. The van der Waals surface area contributed by atoms with Crippen molar-refractivity contribution in [2.45, 2.75) is 37.1 Å². The maximum Gasteiger partial charge on any atom is 0.246 e. The second kappa shape index (κ2) is 7.24. The van der Waals surface area contributed by atoms with Gasteiger partial charge in [0, 0.05) is 44.9 Å². The summed E-state index contributed by atoms with van der Waals surface area (Å²) in [7, 11) is 0. The number of thioether (sulfide) groups is 1. The lowest BCUT2D eigenvalue weighted by molar-refractivity contribution is -0.144. The number of carbonyl (C=O) groups is 2. The van der Waals surface area contributed by atoms with Gasteiger partial charge in [0.1, 0.15) is 6.04 Å². The molecule has 0 radical (unpaired) electrons. The number of piperazine rings is 1. The number of hydrogen-bond donors (Lipinski definition) is 0. The summed E-state index contributed by atoms with van der Waals surface area (Å²) in [5.41, 5.74) is 1.36. The lowest BCUT2D eigenvalue weighted by Gasteiger charge is -2.38. The number of hydrogen-bond acceptors (Lipinski definition) is 4. The fraction of sp³-hybridized carbons (Fsp3) is 0.600. The topological polar surface area (TPSA) is 43.9 Å². The number of amides is 2. The summed E-state index contributed by atoms with van der Waals surface area (Å²) in [6.07, 6.45) is 2.50. The zero-order valence-electron chi connectivity index (χ0n) is 15.4. The van der Waals surface area contributed by atoms with Crippen molar-refractivity contribution in [3.05, 3.63) is 35.9 Å². The van der Waals surface area contributed by atoms with E-state index in [9.17, 15) is 9.59 Å². The van der Waals surface area contributed by atoms with Crippen molar-refractivity contribution < 1.29 is 9.59 Å². The summed E-state index contributed by atoms with van der Waals surface area (Å²) in [5, 5.41) is 0. The number of fused-ring (bicyclic) bond motifs is 1. The second-order valence-electron chi connectivity index (χ2n) is 7.67. The Bertz CT molecular complexity index is 675. The predicted molar refractivity (Wildman–Crippen MR) is 104 cm³/mol. The van der Waals surface area contributed by atoms with Crippen LogP contribution in [0.1, 0.15) is 25.3 Å². The highest BCUT2D eigenvalue weighted by Gasteiger charge is 2.53. The molecule has 1 aromatic rings. The molecule has 26 heavy (non-hydrogen) atoms. The van der Waals surface area contributed by atoms with Crippen molar-refractivity contribution in [3.8, 4) is 0 Å². The monoisotopic (exact) mass is 373 g/mol. The van der Waals surface area contributed by atoms with Crippen LogP contribution < -0.4 is 0 Å². The second-order valence-corrected chi connectivity index (χ2v) is 9.17. The molecule has 3 saturated heterocycles. The van der Waals surface area contributed by atoms with Gasteiger partial charge in [0.15, 0.2) is 0 Å². The molecule has 6 heteroatoms. The third-order valence-corrected chi connectivity index (χ3v) is 7.48. The van der Waals surface area contributed by atoms with E-state index in [1.807, 2.05) is 15.9 Å². The van der Waals surface area contributed by atoms with E-state index in [4.69, 9.17) is 0 Å². The van der Waals surface area contributed by atoms with Crippen molar-refractivity contribution in [3.63, 3.8) is 0 Å². The van der Waals surface area contributed by atoms with Gasteiger partial charge in [0.25, 0.3) is 0 Å². The van der Waals surface area contributed by atoms with E-state index in [-0.39, 0.29) is 22.7 Å². The molecule has 0 N–H and O–H groups in total. The summed E-state index contributed by atoms with van der Waals surface area (Å²) in [4.78, 5) is 31.4. The number of nitrogens with zero attached hydrogens (tertiary/aromatic N) is 3. The van der Waals surface area contributed by atoms with Gasteiger partial charge in [-0.3, -0.25) is 14.5 Å². The molecule has 3 aliphatic rings. The van der Waals surface area contributed by atoms with Gasteiger partial charge in [-0.25, -0.2) is 0 Å². The first-order valence-corrected chi connectivity index (χ1v) is 10.6. The third-order valence-electron chi connectivity index (χ3n) is 5.97. The third kappa shape index (κ3) is 3.37. The first kappa shape index (κ1) is 17.9. The van der Waals surface area contributed by atoms with Crippen LogP contribution in [0.4, 0.5) is 0 Å². The summed E-state index contributed by atoms with van der Waals surface area (Å²) in [6.45, 7) is 6.53. The molecule has 5 nitrogen and oxygen atoms in total. The van der Waals surface area contributed by atoms with Crippen LogP contribution in [0, 0.1) is 0 Å². The normalized spacial score (nSPS) is 29.3. The highest BCUT2D eigenvalue weighted by molar-refractivity contribution is 8.01. The molecule has 3 fully saturated rings. The average molecular weight is 374 g/mol. The molecule has 2 atom stereocenters. The van der Waals surface area contributed by atoms with Gasteiger partial charge in [-0.1, -0.05) is 30.3 Å². The SMILES string of the molecule is CC12CCC(=O)N1C(C(=O)N1CCN(CCc3ccccc3)CC1)CS2. The Morgan fingerprint density at radius 2 is 1.92 bits per heavy atom. The quantitative estimate of drug-likeness (QED) is 0.808. The molecule has 0 bridgehead atoms. The van der Waals surface area contributed by atoms with E-state index >= 15 is 0 Å². The fourth-order valence-corrected chi connectivity index (χ4v) is 5.76. The van der Waals surface area contributed by atoms with E-state index in [1.54, 1.807) is 11.8 Å². The van der Waals surface area contributed by atoms with Crippen LogP contribution in [0.2, 0.25) is 0 Å². The van der Waals surface area contributed by atoms with Crippen LogP contribution in [-0.4, -0.2) is 75.9 Å². The highest BCUT2D eigenvalue weighted by atomic mass is 32.2. The summed E-state index contributed by atoms with van der Waals surface area (Å²) in [5.74, 6) is 1.05. The molecule has 4 rings (SSSR count). The van der Waals surface area contributed by atoms with Gasteiger partial charge in [-0.05, 0) is 25.3 Å². The Morgan fingerprint density at radius 1 is 1.19 bits per heavy atom. The standard InChI is InChI=1S/C20H27N3O2S/c1-20-9-7-18(24)23(20)17(15-26-20)19(25)22-13-11-21(12-14-22)10-8-16-5-3-2-4-6-16/h2-6,17H,7-15H2,1H3. The van der Waals surface area contributed by atoms with Crippen molar-refractivity contribution in [2.75, 3.05) is 38.5 Å². The molecule has 0 aromatic heterocycles. The average Bonchev–Trinajstić information content (AvgIpc) is 3.17. The molecular weight excluding hydrogens is 346 g/mol. The summed E-state index contributed by atoms with van der Waals surface area (Å²) >= 11 is 1.77. The van der Waals surface area contributed by atoms with Crippen molar-refractivity contribution in [1.29, 1.82) is 0 Å². The van der Waals surface area contributed by atoms with Crippen LogP contribution in [0.3, 0.4) is 0 Å². The molecule has 0 aliphatic carbocycles. The van der Waals surface area contributed by atoms with E-state index in [0.717, 1.165) is 51.3 Å². The van der Waals surface area contributed by atoms with Crippen LogP contribution in [-0.2, 0) is 16.0 Å². The van der Waals surface area contributed by atoms with E-state index in [0.29, 0.717) is 6.42 Å². The van der Waals surface area contributed by atoms with Gasteiger partial charge in [-0.2, -0.15) is 0 Å². The predicted octanol–water partition coefficient (Wildman–Crippen LogP) is 1.83. The zero-order valence-corrected chi connectivity index (χ0v) is 16.2. The summed E-state index contributed by atoms with van der Waals surface area (Å²) in [6, 6.07) is 10.3. The first-order valence-electron chi connectivity index (χ1n) is 9.58. The molecule has 0 spiro atoms. The largest absolute Gasteiger partial charge is 0.338 e. The Kier molecular flexibility index (Phi) is 4.97. The Labute approximate surface area is 159 Å². The molecule has 3 aliphatic heterocycles. The van der Waals surface area contributed by atoms with E-state index < -0.39 is 0 Å². The van der Waals surface area contributed by atoms with Crippen molar-refractivity contribution >= 4 is 23.6 Å². The molecule has 1 aromatic carbocycles. The summed E-state index contributed by atoms with van der Waals surface area (Å²) < 4.78 is 0. The maximum atomic E-state index is 13.0. The van der Waals surface area contributed by atoms with Crippen LogP contribution in [0.5, 0.6) is 0 Å². The van der Waals surface area contributed by atoms with Crippen molar-refractivity contribution in [1.82, 2.24) is 14.7 Å². The first-order chi connectivity index (χ1) is 12.6. The lowest BCUT2D eigenvalue weighted by Crippen LogP contribution is -2.56. The molecule has 3 heterocycles. The molecular formula is C20H27N3O2S. The Morgan fingerprint density at radius 3 is 2.65 bits per heavy atom. The van der Waals surface area contributed by atoms with Gasteiger partial charge < -0.3 is 9.80 Å². The van der Waals surface area contributed by atoms with Crippen molar-refractivity contribution in [2.24, 2.45) is 0 Å². The van der Waals surface area contributed by atoms with E-state index in [1.165, 1.54) is 5.56 Å². The Balaban J connectivity index is 1.29.